The van der Waals surface area contributed by atoms with Gasteiger partial charge in [0.05, 0.1) is 18.3 Å². The number of amides is 2. The molecule has 2 amide bonds. The zero-order chi connectivity index (χ0) is 18.6. The smallest absolute Gasteiger partial charge is 0.241 e. The summed E-state index contributed by atoms with van der Waals surface area (Å²) >= 11 is 0. The summed E-state index contributed by atoms with van der Waals surface area (Å²) in [5, 5.41) is 4.84. The van der Waals surface area contributed by atoms with Gasteiger partial charge in [-0.05, 0) is 19.1 Å². The van der Waals surface area contributed by atoms with E-state index in [2.05, 4.69) is 10.6 Å². The van der Waals surface area contributed by atoms with Crippen LogP contribution in [0.25, 0.3) is 0 Å². The summed E-state index contributed by atoms with van der Waals surface area (Å²) in [7, 11) is 1.57. The Labute approximate surface area is 144 Å². The van der Waals surface area contributed by atoms with Crippen LogP contribution in [-0.2, 0) is 9.59 Å². The highest BCUT2D eigenvalue weighted by molar-refractivity contribution is 5.94. The normalized spacial score (nSPS) is 17.2. The second kappa shape index (κ2) is 8.30. The van der Waals surface area contributed by atoms with Crippen molar-refractivity contribution in [1.82, 2.24) is 15.1 Å². The average Bonchev–Trinajstić information content (AvgIpc) is 2.62. The molecule has 2 N–H and O–H groups in total. The lowest BCUT2D eigenvalue weighted by atomic mass is 10.2. The van der Waals surface area contributed by atoms with Crippen LogP contribution in [0.4, 0.5) is 18.9 Å². The van der Waals surface area contributed by atoms with Crippen molar-refractivity contribution >= 4 is 17.5 Å². The minimum atomic E-state index is -1.62. The van der Waals surface area contributed by atoms with Gasteiger partial charge < -0.3 is 10.6 Å². The second-order valence-corrected chi connectivity index (χ2v) is 5.87. The molecule has 0 saturated carbocycles. The van der Waals surface area contributed by atoms with Crippen LogP contribution in [0.15, 0.2) is 12.1 Å². The molecule has 0 bridgehead atoms. The third kappa shape index (κ3) is 4.70. The molecule has 9 heteroatoms. The van der Waals surface area contributed by atoms with E-state index in [4.69, 9.17) is 0 Å². The molecular formula is C16H21F3N4O2. The first-order valence-corrected chi connectivity index (χ1v) is 7.94. The Morgan fingerprint density at radius 1 is 1.12 bits per heavy atom. The summed E-state index contributed by atoms with van der Waals surface area (Å²) in [6.45, 7) is 4.30. The molecule has 0 aliphatic carbocycles. The molecule has 1 heterocycles. The number of likely N-dealkylation sites (N-methyl/N-ethyl adjacent to an activating group) is 1. The van der Waals surface area contributed by atoms with Gasteiger partial charge >= 0.3 is 0 Å². The zero-order valence-corrected chi connectivity index (χ0v) is 14.1. The lowest BCUT2D eigenvalue weighted by molar-refractivity contribution is -0.124. The fraction of sp³-hybridized carbons (Fsp3) is 0.500. The van der Waals surface area contributed by atoms with Crippen LogP contribution in [0.2, 0.25) is 0 Å². The zero-order valence-electron chi connectivity index (χ0n) is 14.1. The molecule has 1 aromatic carbocycles. The van der Waals surface area contributed by atoms with Crippen molar-refractivity contribution in [3.05, 3.63) is 29.6 Å². The average molecular weight is 358 g/mol. The third-order valence-corrected chi connectivity index (χ3v) is 4.27. The number of nitrogens with one attached hydrogen (secondary N) is 2. The van der Waals surface area contributed by atoms with Crippen molar-refractivity contribution in [2.45, 2.75) is 13.0 Å². The summed E-state index contributed by atoms with van der Waals surface area (Å²) in [6.07, 6.45) is 0. The maximum absolute atomic E-state index is 13.6. The number of hydrogen-bond acceptors (Lipinski definition) is 4. The van der Waals surface area contributed by atoms with Gasteiger partial charge in [-0.25, -0.2) is 13.2 Å². The molecule has 0 unspecified atom stereocenters. The van der Waals surface area contributed by atoms with Crippen molar-refractivity contribution in [3.8, 4) is 0 Å². The first-order chi connectivity index (χ1) is 11.8. The van der Waals surface area contributed by atoms with Gasteiger partial charge in [-0.1, -0.05) is 0 Å². The third-order valence-electron chi connectivity index (χ3n) is 4.27. The highest BCUT2D eigenvalue weighted by Gasteiger charge is 2.27. The quantitative estimate of drug-likeness (QED) is 0.764. The van der Waals surface area contributed by atoms with Gasteiger partial charge in [0.15, 0.2) is 17.5 Å². The summed E-state index contributed by atoms with van der Waals surface area (Å²) in [5.41, 5.74) is -0.394. The Bertz CT molecular complexity index is 649. The number of anilines is 1. The minimum Gasteiger partial charge on any atom is -0.358 e. The van der Waals surface area contributed by atoms with E-state index in [9.17, 15) is 22.8 Å². The van der Waals surface area contributed by atoms with E-state index in [0.29, 0.717) is 32.7 Å². The molecule has 2 rings (SSSR count). The lowest BCUT2D eigenvalue weighted by Gasteiger charge is -2.37. The highest BCUT2D eigenvalue weighted by Crippen LogP contribution is 2.20. The Kier molecular flexibility index (Phi) is 6.38. The molecule has 1 aromatic rings. The molecule has 0 radical (unpaired) electrons. The van der Waals surface area contributed by atoms with E-state index >= 15 is 0 Å². The van der Waals surface area contributed by atoms with Crippen LogP contribution in [0.5, 0.6) is 0 Å². The molecular weight excluding hydrogens is 337 g/mol. The van der Waals surface area contributed by atoms with Crippen molar-refractivity contribution in [2.24, 2.45) is 0 Å². The first kappa shape index (κ1) is 19.2. The van der Waals surface area contributed by atoms with Crippen LogP contribution in [-0.4, -0.2) is 67.4 Å². The fourth-order valence-corrected chi connectivity index (χ4v) is 2.62. The van der Waals surface area contributed by atoms with Crippen molar-refractivity contribution in [3.63, 3.8) is 0 Å². The SMILES string of the molecule is CNC(=O)CN1CCN([C@@H](C)C(=O)Nc2ccc(F)c(F)c2F)CC1. The van der Waals surface area contributed by atoms with Crippen molar-refractivity contribution < 1.29 is 22.8 Å². The molecule has 0 aromatic heterocycles. The molecule has 25 heavy (non-hydrogen) atoms. The van der Waals surface area contributed by atoms with E-state index in [1.807, 2.05) is 9.80 Å². The van der Waals surface area contributed by atoms with Gasteiger partial charge in [0.25, 0.3) is 0 Å². The van der Waals surface area contributed by atoms with Crippen molar-refractivity contribution in [1.29, 1.82) is 0 Å². The molecule has 1 aliphatic heterocycles. The fourth-order valence-electron chi connectivity index (χ4n) is 2.62. The standard InChI is InChI=1S/C16H21F3N4O2/c1-10(23-7-5-22(6-8-23)9-13(24)20-2)16(25)21-12-4-3-11(17)14(18)15(12)19/h3-4,10H,5-9H2,1-2H3,(H,20,24)(H,21,25)/t10-/m0/s1. The number of carbonyl (C=O) groups excluding carboxylic acids is 2. The minimum absolute atomic E-state index is 0.0759. The van der Waals surface area contributed by atoms with Gasteiger partial charge in [-0.15, -0.1) is 0 Å². The Hall–Kier alpha value is -2.13. The maximum Gasteiger partial charge on any atom is 0.241 e. The molecule has 1 aliphatic rings. The number of benzene rings is 1. The lowest BCUT2D eigenvalue weighted by Crippen LogP contribution is -2.54. The Morgan fingerprint density at radius 3 is 2.36 bits per heavy atom. The molecule has 6 nitrogen and oxygen atoms in total. The number of halogens is 3. The highest BCUT2D eigenvalue weighted by atomic mass is 19.2. The van der Waals surface area contributed by atoms with Crippen LogP contribution in [0.3, 0.4) is 0 Å². The summed E-state index contributed by atoms with van der Waals surface area (Å²) in [4.78, 5) is 27.5. The van der Waals surface area contributed by atoms with E-state index in [1.165, 1.54) is 0 Å². The van der Waals surface area contributed by atoms with Crippen LogP contribution < -0.4 is 10.6 Å². The number of carbonyl (C=O) groups is 2. The monoisotopic (exact) mass is 358 g/mol. The number of rotatable bonds is 5. The molecule has 1 atom stereocenters. The van der Waals surface area contributed by atoms with Gasteiger partial charge in [-0.3, -0.25) is 19.4 Å². The Balaban J connectivity index is 1.91. The molecule has 1 fully saturated rings. The van der Waals surface area contributed by atoms with Gasteiger partial charge in [0.1, 0.15) is 0 Å². The van der Waals surface area contributed by atoms with Gasteiger partial charge in [-0.2, -0.15) is 0 Å². The molecule has 1 saturated heterocycles. The largest absolute Gasteiger partial charge is 0.358 e. The molecule has 138 valence electrons. The summed E-state index contributed by atoms with van der Waals surface area (Å²) in [6, 6.07) is 1.17. The van der Waals surface area contributed by atoms with Crippen molar-refractivity contribution in [2.75, 3.05) is 45.1 Å². The van der Waals surface area contributed by atoms with E-state index in [-0.39, 0.29) is 5.91 Å². The molecule has 0 spiro atoms. The van der Waals surface area contributed by atoms with E-state index < -0.39 is 35.1 Å². The van der Waals surface area contributed by atoms with Crippen LogP contribution >= 0.6 is 0 Å². The van der Waals surface area contributed by atoms with E-state index in [1.54, 1.807) is 14.0 Å². The first-order valence-electron chi connectivity index (χ1n) is 7.94. The predicted octanol–water partition coefficient (Wildman–Crippen LogP) is 0.794. The topological polar surface area (TPSA) is 64.7 Å². The van der Waals surface area contributed by atoms with Crippen LogP contribution in [0.1, 0.15) is 6.92 Å². The number of hydrogen-bond donors (Lipinski definition) is 2. The van der Waals surface area contributed by atoms with Crippen LogP contribution in [0, 0.1) is 17.5 Å². The van der Waals surface area contributed by atoms with Gasteiger partial charge in [0, 0.05) is 33.2 Å². The van der Waals surface area contributed by atoms with E-state index in [0.717, 1.165) is 12.1 Å². The number of nitrogens with zero attached hydrogens (tertiary/aromatic N) is 2. The Morgan fingerprint density at radius 2 is 1.76 bits per heavy atom. The second-order valence-electron chi connectivity index (χ2n) is 5.87. The van der Waals surface area contributed by atoms with Gasteiger partial charge in [0.2, 0.25) is 11.8 Å². The summed E-state index contributed by atoms with van der Waals surface area (Å²) < 4.78 is 39.8. The summed E-state index contributed by atoms with van der Waals surface area (Å²) in [5.74, 6) is -4.93. The maximum atomic E-state index is 13.6. The predicted molar refractivity (Wildman–Crippen MR) is 86.5 cm³/mol. The number of piperazine rings is 1.